The Balaban J connectivity index is 1.49. The number of aromatic nitrogens is 1. The maximum atomic E-state index is 12.0. The molecule has 0 fully saturated rings. The number of rotatable bonds is 9. The van der Waals surface area contributed by atoms with Crippen molar-refractivity contribution in [3.05, 3.63) is 63.1 Å². The molecule has 1 N–H and O–H groups in total. The van der Waals surface area contributed by atoms with Gasteiger partial charge in [-0.3, -0.25) is 24.3 Å². The topological polar surface area (TPSA) is 143 Å². The second kappa shape index (κ2) is 9.57. The number of methoxy groups -OCH3 is 1. The molecule has 31 heavy (non-hydrogen) atoms. The Bertz CT molecular complexity index is 1180. The van der Waals surface area contributed by atoms with Gasteiger partial charge in [-0.1, -0.05) is 12.1 Å². The first-order valence-corrected chi connectivity index (χ1v) is 9.25. The van der Waals surface area contributed by atoms with Crippen molar-refractivity contribution in [3.63, 3.8) is 0 Å². The number of nitrogens with one attached hydrogen (secondary N) is 1. The van der Waals surface area contributed by atoms with Crippen LogP contribution in [-0.2, 0) is 20.9 Å². The van der Waals surface area contributed by atoms with Crippen molar-refractivity contribution in [1.82, 2.24) is 4.57 Å². The molecule has 162 valence electrons. The molecule has 0 aliphatic heterocycles. The maximum Gasteiger partial charge on any atom is 0.419 e. The van der Waals surface area contributed by atoms with Gasteiger partial charge in [-0.25, -0.2) is 4.79 Å². The van der Waals surface area contributed by atoms with Crippen molar-refractivity contribution in [2.45, 2.75) is 19.4 Å². The molecule has 0 atom stereocenters. The van der Waals surface area contributed by atoms with Gasteiger partial charge < -0.3 is 19.2 Å². The Labute approximate surface area is 175 Å². The number of benzene rings is 2. The zero-order valence-corrected chi connectivity index (χ0v) is 16.5. The Hall–Kier alpha value is -4.15. The van der Waals surface area contributed by atoms with E-state index in [9.17, 15) is 24.5 Å². The molecule has 3 rings (SSSR count). The Morgan fingerprint density at radius 1 is 1.23 bits per heavy atom. The molecule has 11 heteroatoms. The Morgan fingerprint density at radius 2 is 2.00 bits per heavy atom. The quantitative estimate of drug-likeness (QED) is 0.310. The van der Waals surface area contributed by atoms with Crippen molar-refractivity contribution in [2.75, 3.05) is 19.0 Å². The Kier molecular flexibility index (Phi) is 6.65. The number of amides is 1. The van der Waals surface area contributed by atoms with Crippen LogP contribution in [0.4, 0.5) is 11.4 Å². The maximum absolute atomic E-state index is 12.0. The third-order valence-corrected chi connectivity index (χ3v) is 4.37. The van der Waals surface area contributed by atoms with Crippen molar-refractivity contribution < 1.29 is 28.4 Å². The average molecular weight is 429 g/mol. The van der Waals surface area contributed by atoms with Gasteiger partial charge in [-0.05, 0) is 24.6 Å². The minimum absolute atomic E-state index is 0.0337. The molecular formula is C20H19N3O8. The van der Waals surface area contributed by atoms with Gasteiger partial charge in [0.1, 0.15) is 5.75 Å². The van der Waals surface area contributed by atoms with E-state index in [1.54, 1.807) is 24.3 Å². The fourth-order valence-corrected chi connectivity index (χ4v) is 2.91. The van der Waals surface area contributed by atoms with E-state index in [4.69, 9.17) is 13.9 Å². The summed E-state index contributed by atoms with van der Waals surface area (Å²) in [6, 6.07) is 10.7. The highest BCUT2D eigenvalue weighted by Gasteiger charge is 2.15. The number of hydrogen-bond donors (Lipinski definition) is 1. The minimum atomic E-state index is -0.681. The molecule has 0 bridgehead atoms. The number of nitro groups is 1. The molecule has 0 unspecified atom stereocenters. The molecule has 0 saturated carbocycles. The first-order valence-electron chi connectivity index (χ1n) is 9.25. The van der Waals surface area contributed by atoms with Gasteiger partial charge in [-0.2, -0.15) is 0 Å². The second-order valence-electron chi connectivity index (χ2n) is 6.44. The van der Waals surface area contributed by atoms with Crippen LogP contribution in [0.3, 0.4) is 0 Å². The molecular weight excluding hydrogens is 410 g/mol. The summed E-state index contributed by atoms with van der Waals surface area (Å²) in [5, 5.41) is 13.4. The average Bonchev–Trinajstić information content (AvgIpc) is 3.07. The van der Waals surface area contributed by atoms with Gasteiger partial charge in [0.15, 0.2) is 12.2 Å². The summed E-state index contributed by atoms with van der Waals surface area (Å²) in [6.07, 6.45) is 0.215. The number of non-ortho nitro benzene ring substituents is 1. The fraction of sp³-hybridized carbons (Fsp3) is 0.250. The highest BCUT2D eigenvalue weighted by molar-refractivity contribution is 5.94. The SMILES string of the molecule is COc1ccccc1NC(=O)COC(=O)CCCn1c(=O)oc2cc([N+](=O)[O-])ccc21. The van der Waals surface area contributed by atoms with Crippen molar-refractivity contribution in [1.29, 1.82) is 0 Å². The highest BCUT2D eigenvalue weighted by atomic mass is 16.6. The summed E-state index contributed by atoms with van der Waals surface area (Å²) in [7, 11) is 1.47. The molecule has 1 aromatic heterocycles. The number of carbonyl (C=O) groups is 2. The standard InChI is InChI=1S/C20H19N3O8/c1-29-16-6-3-2-5-14(16)21-18(24)12-30-19(25)7-4-10-22-15-9-8-13(23(27)28)11-17(15)31-20(22)26/h2-3,5-6,8-9,11H,4,7,10,12H2,1H3,(H,21,24). The fourth-order valence-electron chi connectivity index (χ4n) is 2.91. The number of carbonyl (C=O) groups excluding carboxylic acids is 2. The van der Waals surface area contributed by atoms with Crippen LogP contribution in [0, 0.1) is 10.1 Å². The molecule has 0 aliphatic carbocycles. The van der Waals surface area contributed by atoms with Crippen LogP contribution in [-0.4, -0.2) is 35.1 Å². The molecule has 0 spiro atoms. The van der Waals surface area contributed by atoms with E-state index in [0.29, 0.717) is 17.0 Å². The zero-order valence-electron chi connectivity index (χ0n) is 16.5. The largest absolute Gasteiger partial charge is 0.495 e. The van der Waals surface area contributed by atoms with Crippen LogP contribution in [0.5, 0.6) is 5.75 Å². The molecule has 0 radical (unpaired) electrons. The molecule has 2 aromatic carbocycles. The molecule has 0 saturated heterocycles. The van der Waals surface area contributed by atoms with Gasteiger partial charge in [-0.15, -0.1) is 0 Å². The van der Waals surface area contributed by atoms with Crippen LogP contribution < -0.4 is 15.8 Å². The summed E-state index contributed by atoms with van der Waals surface area (Å²) in [4.78, 5) is 46.1. The number of hydrogen-bond acceptors (Lipinski definition) is 8. The molecule has 1 amide bonds. The molecule has 1 heterocycles. The van der Waals surface area contributed by atoms with E-state index in [2.05, 4.69) is 5.32 Å². The number of nitro benzene ring substituents is 1. The van der Waals surface area contributed by atoms with Crippen LogP contribution in [0.1, 0.15) is 12.8 Å². The normalized spacial score (nSPS) is 10.6. The summed E-state index contributed by atoms with van der Waals surface area (Å²) in [6.45, 7) is -0.318. The first-order chi connectivity index (χ1) is 14.9. The lowest BCUT2D eigenvalue weighted by molar-refractivity contribution is -0.384. The smallest absolute Gasteiger partial charge is 0.419 e. The Morgan fingerprint density at radius 3 is 2.74 bits per heavy atom. The van der Waals surface area contributed by atoms with Crippen molar-refractivity contribution in [3.8, 4) is 5.75 Å². The highest BCUT2D eigenvalue weighted by Crippen LogP contribution is 2.23. The molecule has 11 nitrogen and oxygen atoms in total. The van der Waals surface area contributed by atoms with E-state index < -0.39 is 29.2 Å². The number of anilines is 1. The number of esters is 1. The van der Waals surface area contributed by atoms with E-state index in [0.717, 1.165) is 0 Å². The van der Waals surface area contributed by atoms with Gasteiger partial charge in [0.25, 0.3) is 11.6 Å². The lowest BCUT2D eigenvalue weighted by Gasteiger charge is -2.10. The van der Waals surface area contributed by atoms with E-state index in [1.807, 2.05) is 0 Å². The zero-order chi connectivity index (χ0) is 22.4. The summed E-state index contributed by atoms with van der Waals surface area (Å²) in [5.41, 5.74) is 0.746. The van der Waals surface area contributed by atoms with Gasteiger partial charge in [0.05, 0.1) is 29.3 Å². The van der Waals surface area contributed by atoms with Crippen LogP contribution in [0.2, 0.25) is 0 Å². The van der Waals surface area contributed by atoms with Crippen LogP contribution >= 0.6 is 0 Å². The monoisotopic (exact) mass is 429 g/mol. The predicted octanol–water partition coefficient (Wildman–Crippen LogP) is 2.47. The lowest BCUT2D eigenvalue weighted by Crippen LogP contribution is -2.21. The third kappa shape index (κ3) is 5.26. The van der Waals surface area contributed by atoms with Gasteiger partial charge in [0.2, 0.25) is 0 Å². The van der Waals surface area contributed by atoms with E-state index >= 15 is 0 Å². The third-order valence-electron chi connectivity index (χ3n) is 4.37. The molecule has 3 aromatic rings. The number of oxazole rings is 1. The van der Waals surface area contributed by atoms with Crippen molar-refractivity contribution >= 4 is 34.4 Å². The summed E-state index contributed by atoms with van der Waals surface area (Å²) >= 11 is 0. The molecule has 0 aliphatic rings. The lowest BCUT2D eigenvalue weighted by atomic mass is 10.2. The number of fused-ring (bicyclic) bond motifs is 1. The minimum Gasteiger partial charge on any atom is -0.495 e. The van der Waals surface area contributed by atoms with E-state index in [1.165, 1.54) is 29.9 Å². The van der Waals surface area contributed by atoms with Crippen molar-refractivity contribution in [2.24, 2.45) is 0 Å². The number of nitrogens with zero attached hydrogens (tertiary/aromatic N) is 2. The summed E-state index contributed by atoms with van der Waals surface area (Å²) in [5.74, 6) is -1.33. The number of para-hydroxylation sites is 2. The van der Waals surface area contributed by atoms with E-state index in [-0.39, 0.29) is 30.7 Å². The predicted molar refractivity (Wildman–Crippen MR) is 109 cm³/mol. The first kappa shape index (κ1) is 21.6. The summed E-state index contributed by atoms with van der Waals surface area (Å²) < 4.78 is 16.4. The van der Waals surface area contributed by atoms with Crippen LogP contribution in [0.25, 0.3) is 11.1 Å². The second-order valence-corrected chi connectivity index (χ2v) is 6.44. The number of ether oxygens (including phenoxy) is 2. The number of aryl methyl sites for hydroxylation is 1. The van der Waals surface area contributed by atoms with Gasteiger partial charge >= 0.3 is 11.7 Å². The van der Waals surface area contributed by atoms with Crippen LogP contribution in [0.15, 0.2) is 51.7 Å². The van der Waals surface area contributed by atoms with Gasteiger partial charge in [0, 0.05) is 19.0 Å².